The molecule has 5 heteroatoms. The van der Waals surface area contributed by atoms with Gasteiger partial charge in [0.15, 0.2) is 0 Å². The highest BCUT2D eigenvalue weighted by atomic mass is 79.9. The van der Waals surface area contributed by atoms with Crippen LogP contribution in [0.5, 0.6) is 5.75 Å². The summed E-state index contributed by atoms with van der Waals surface area (Å²) in [4.78, 5) is 13.6. The van der Waals surface area contributed by atoms with Crippen LogP contribution in [0.1, 0.15) is 17.3 Å². The Labute approximate surface area is 109 Å². The quantitative estimate of drug-likeness (QED) is 0.924. The highest BCUT2D eigenvalue weighted by molar-refractivity contribution is 9.10. The first-order valence-electron chi connectivity index (χ1n) is 5.22. The summed E-state index contributed by atoms with van der Waals surface area (Å²) in [5, 5.41) is 9.26. The normalized spacial score (nSPS) is 12.1. The van der Waals surface area contributed by atoms with Crippen LogP contribution in [0.25, 0.3) is 0 Å². The number of nitrogens with zero attached hydrogens (tertiary/aromatic N) is 1. The van der Waals surface area contributed by atoms with Crippen molar-refractivity contribution in [3.63, 3.8) is 0 Å². The smallest absolute Gasteiger partial charge is 0.254 e. The third kappa shape index (κ3) is 3.71. The van der Waals surface area contributed by atoms with Crippen LogP contribution >= 0.6 is 15.9 Å². The molecule has 0 fully saturated rings. The summed E-state index contributed by atoms with van der Waals surface area (Å²) < 4.78 is 5.79. The number of benzene rings is 1. The van der Waals surface area contributed by atoms with E-state index >= 15 is 0 Å². The lowest BCUT2D eigenvalue weighted by Crippen LogP contribution is -2.33. The summed E-state index contributed by atoms with van der Waals surface area (Å²) >= 11 is 3.33. The summed E-state index contributed by atoms with van der Waals surface area (Å²) in [6.45, 7) is 1.94. The van der Waals surface area contributed by atoms with Gasteiger partial charge in [0.05, 0.1) is 18.8 Å². The molecule has 4 nitrogen and oxygen atoms in total. The molecule has 0 saturated carbocycles. The van der Waals surface area contributed by atoms with Gasteiger partial charge in [0.25, 0.3) is 5.91 Å². The van der Waals surface area contributed by atoms with Crippen molar-refractivity contribution in [1.29, 1.82) is 0 Å². The molecule has 0 aliphatic rings. The molecule has 17 heavy (non-hydrogen) atoms. The van der Waals surface area contributed by atoms with E-state index in [1.165, 1.54) is 4.90 Å². The zero-order valence-corrected chi connectivity index (χ0v) is 11.7. The number of aliphatic hydroxyl groups excluding tert-OH is 1. The van der Waals surface area contributed by atoms with Crippen LogP contribution in [0, 0.1) is 0 Å². The second kappa shape index (κ2) is 6.02. The molecule has 0 spiro atoms. The molecule has 1 aromatic rings. The Morgan fingerprint density at radius 1 is 1.59 bits per heavy atom. The largest absolute Gasteiger partial charge is 0.497 e. The predicted octanol–water partition coefficient (Wildman–Crippen LogP) is 1.91. The number of carbonyl (C=O) groups excluding carboxylic acids is 1. The van der Waals surface area contributed by atoms with Crippen molar-refractivity contribution < 1.29 is 14.6 Å². The number of hydrogen-bond donors (Lipinski definition) is 1. The molecule has 1 unspecified atom stereocenters. The van der Waals surface area contributed by atoms with E-state index in [0.29, 0.717) is 22.3 Å². The maximum Gasteiger partial charge on any atom is 0.254 e. The van der Waals surface area contributed by atoms with E-state index in [0.717, 1.165) is 0 Å². The minimum atomic E-state index is -0.548. The standard InChI is InChI=1S/C12H16BrNO3/c1-8(15)7-14(2)12(16)10-6-9(17-3)4-5-11(10)13/h4-6,8,15H,7H2,1-3H3. The van der Waals surface area contributed by atoms with Crippen LogP contribution in [0.2, 0.25) is 0 Å². The second-order valence-electron chi connectivity index (χ2n) is 3.88. The average Bonchev–Trinajstić information content (AvgIpc) is 2.28. The predicted molar refractivity (Wildman–Crippen MR) is 69.3 cm³/mol. The monoisotopic (exact) mass is 301 g/mol. The molecular formula is C12H16BrNO3. The topological polar surface area (TPSA) is 49.8 Å². The van der Waals surface area contributed by atoms with Gasteiger partial charge in [-0.15, -0.1) is 0 Å². The Kier molecular flexibility index (Phi) is 4.96. The minimum Gasteiger partial charge on any atom is -0.497 e. The van der Waals surface area contributed by atoms with E-state index in [-0.39, 0.29) is 5.91 Å². The Morgan fingerprint density at radius 3 is 2.76 bits per heavy atom. The van der Waals surface area contributed by atoms with Crippen molar-refractivity contribution in [2.45, 2.75) is 13.0 Å². The number of carbonyl (C=O) groups is 1. The van der Waals surface area contributed by atoms with E-state index in [1.54, 1.807) is 39.3 Å². The number of likely N-dealkylation sites (N-methyl/N-ethyl adjacent to an activating group) is 1. The Hall–Kier alpha value is -1.07. The van der Waals surface area contributed by atoms with E-state index in [2.05, 4.69) is 15.9 Å². The van der Waals surface area contributed by atoms with Gasteiger partial charge in [-0.1, -0.05) is 0 Å². The van der Waals surface area contributed by atoms with Crippen LogP contribution in [-0.4, -0.2) is 42.7 Å². The zero-order valence-electron chi connectivity index (χ0n) is 10.1. The van der Waals surface area contributed by atoms with Crippen LogP contribution in [0.4, 0.5) is 0 Å². The van der Waals surface area contributed by atoms with Crippen molar-refractivity contribution in [3.8, 4) is 5.75 Å². The number of methoxy groups -OCH3 is 1. The second-order valence-corrected chi connectivity index (χ2v) is 4.73. The van der Waals surface area contributed by atoms with Gasteiger partial charge in [-0.25, -0.2) is 0 Å². The molecular weight excluding hydrogens is 286 g/mol. The molecule has 1 aromatic carbocycles. The van der Waals surface area contributed by atoms with E-state index < -0.39 is 6.10 Å². The minimum absolute atomic E-state index is 0.156. The highest BCUT2D eigenvalue weighted by Gasteiger charge is 2.16. The fourth-order valence-corrected chi connectivity index (χ4v) is 1.90. The van der Waals surface area contributed by atoms with Gasteiger partial charge < -0.3 is 14.7 Å². The van der Waals surface area contributed by atoms with Crippen LogP contribution < -0.4 is 4.74 Å². The van der Waals surface area contributed by atoms with Gasteiger partial charge >= 0.3 is 0 Å². The molecule has 0 aliphatic carbocycles. The first-order valence-corrected chi connectivity index (χ1v) is 6.02. The lowest BCUT2D eigenvalue weighted by molar-refractivity contribution is 0.0702. The lowest BCUT2D eigenvalue weighted by atomic mass is 10.2. The van der Waals surface area contributed by atoms with Crippen LogP contribution in [-0.2, 0) is 0 Å². The number of rotatable bonds is 4. The molecule has 0 aromatic heterocycles. The summed E-state index contributed by atoms with van der Waals surface area (Å²) in [5.41, 5.74) is 0.521. The SMILES string of the molecule is COc1ccc(Br)c(C(=O)N(C)CC(C)O)c1. The molecule has 1 amide bonds. The van der Waals surface area contributed by atoms with Crippen LogP contribution in [0.15, 0.2) is 22.7 Å². The van der Waals surface area contributed by atoms with Crippen molar-refractivity contribution in [2.24, 2.45) is 0 Å². The molecule has 0 radical (unpaired) electrons. The number of hydrogen-bond acceptors (Lipinski definition) is 3. The van der Waals surface area contributed by atoms with Crippen molar-refractivity contribution in [1.82, 2.24) is 4.90 Å². The number of halogens is 1. The van der Waals surface area contributed by atoms with E-state index in [4.69, 9.17) is 4.74 Å². The van der Waals surface area contributed by atoms with Gasteiger partial charge in [-0.3, -0.25) is 4.79 Å². The van der Waals surface area contributed by atoms with Gasteiger partial charge in [0, 0.05) is 18.1 Å². The zero-order chi connectivity index (χ0) is 13.0. The van der Waals surface area contributed by atoms with Gasteiger partial charge in [-0.05, 0) is 41.1 Å². The molecule has 0 bridgehead atoms. The van der Waals surface area contributed by atoms with Crippen molar-refractivity contribution in [2.75, 3.05) is 20.7 Å². The molecule has 1 rings (SSSR count). The van der Waals surface area contributed by atoms with Crippen molar-refractivity contribution in [3.05, 3.63) is 28.2 Å². The fraction of sp³-hybridized carbons (Fsp3) is 0.417. The average molecular weight is 302 g/mol. The Morgan fingerprint density at radius 2 is 2.24 bits per heavy atom. The maximum absolute atomic E-state index is 12.1. The van der Waals surface area contributed by atoms with Gasteiger partial charge in [0.2, 0.25) is 0 Å². The van der Waals surface area contributed by atoms with Crippen molar-refractivity contribution >= 4 is 21.8 Å². The third-order valence-corrected chi connectivity index (χ3v) is 2.98. The molecule has 0 aliphatic heterocycles. The molecule has 1 atom stereocenters. The molecule has 0 saturated heterocycles. The summed E-state index contributed by atoms with van der Waals surface area (Å²) in [6, 6.07) is 5.21. The number of aliphatic hydroxyl groups is 1. The number of ether oxygens (including phenoxy) is 1. The van der Waals surface area contributed by atoms with E-state index in [1.807, 2.05) is 0 Å². The highest BCUT2D eigenvalue weighted by Crippen LogP contribution is 2.23. The summed E-state index contributed by atoms with van der Waals surface area (Å²) in [7, 11) is 3.21. The third-order valence-electron chi connectivity index (χ3n) is 2.29. The lowest BCUT2D eigenvalue weighted by Gasteiger charge is -2.19. The first-order chi connectivity index (χ1) is 7.95. The Balaban J connectivity index is 2.94. The molecule has 94 valence electrons. The van der Waals surface area contributed by atoms with Gasteiger partial charge in [-0.2, -0.15) is 0 Å². The summed E-state index contributed by atoms with van der Waals surface area (Å²) in [5.74, 6) is 0.471. The van der Waals surface area contributed by atoms with E-state index in [9.17, 15) is 9.90 Å². The molecule has 0 heterocycles. The Bertz CT molecular complexity index is 407. The molecule has 1 N–H and O–H groups in total. The van der Waals surface area contributed by atoms with Gasteiger partial charge in [0.1, 0.15) is 5.75 Å². The fourth-order valence-electron chi connectivity index (χ4n) is 1.48. The number of amides is 1. The first kappa shape index (κ1) is 14.0. The summed E-state index contributed by atoms with van der Waals surface area (Å²) in [6.07, 6.45) is -0.548. The maximum atomic E-state index is 12.1. The van der Waals surface area contributed by atoms with Crippen LogP contribution in [0.3, 0.4) is 0 Å².